The van der Waals surface area contributed by atoms with Gasteiger partial charge in [-0.05, 0) is 48.2 Å². The number of benzene rings is 2. The molecule has 2 aromatic rings. The Morgan fingerprint density at radius 3 is 2.21 bits per heavy atom. The molecule has 1 atom stereocenters. The van der Waals surface area contributed by atoms with E-state index >= 15 is 0 Å². The Bertz CT molecular complexity index is 940. The van der Waals surface area contributed by atoms with Crippen LogP contribution in [-0.4, -0.2) is 35.6 Å². The predicted octanol–water partition coefficient (Wildman–Crippen LogP) is 3.13. The zero-order chi connectivity index (χ0) is 21.6. The molecular weight excluding hydrogens is 392 g/mol. The number of carbonyl (C=O) groups is 1. The van der Waals surface area contributed by atoms with Gasteiger partial charge < -0.3 is 14.8 Å². The van der Waals surface area contributed by atoms with Gasteiger partial charge in [-0.25, -0.2) is 13.1 Å². The summed E-state index contributed by atoms with van der Waals surface area (Å²) in [5.41, 5.74) is 0.992. The van der Waals surface area contributed by atoms with Crippen LogP contribution in [0.5, 0.6) is 11.5 Å². The summed E-state index contributed by atoms with van der Waals surface area (Å²) >= 11 is 0. The quantitative estimate of drug-likeness (QED) is 0.650. The predicted molar refractivity (Wildman–Crippen MR) is 112 cm³/mol. The molecular formula is C21H28N2O5S. The molecule has 0 fully saturated rings. The highest BCUT2D eigenvalue weighted by Gasteiger charge is 2.24. The Labute approximate surface area is 172 Å². The number of carbonyl (C=O) groups excluding carboxylic acids is 1. The Morgan fingerprint density at radius 1 is 1.03 bits per heavy atom. The van der Waals surface area contributed by atoms with E-state index in [1.165, 1.54) is 32.4 Å². The van der Waals surface area contributed by atoms with Crippen molar-refractivity contribution in [2.75, 3.05) is 21.3 Å². The van der Waals surface area contributed by atoms with Crippen LogP contribution in [0.4, 0.5) is 0 Å². The van der Waals surface area contributed by atoms with Gasteiger partial charge in [0.15, 0.2) is 0 Å². The number of hydrogen-bond acceptors (Lipinski definition) is 5. The molecule has 2 N–H and O–H groups in total. The Morgan fingerprint density at radius 2 is 1.69 bits per heavy atom. The molecule has 2 aromatic carbocycles. The van der Waals surface area contributed by atoms with E-state index in [2.05, 4.69) is 10.0 Å². The number of nitrogens with one attached hydrogen (secondary N) is 2. The van der Waals surface area contributed by atoms with E-state index in [1.807, 2.05) is 26.0 Å². The molecule has 29 heavy (non-hydrogen) atoms. The van der Waals surface area contributed by atoms with E-state index in [0.29, 0.717) is 17.9 Å². The standard InChI is InChI=1S/C21H28N2O5S/c1-14(2)12-19(15-6-8-16(27-4)9-7-15)23-29(25,26)17-10-11-20(28-5)18(13-17)21(24)22-3/h6-11,13-14,19,23H,12H2,1-5H3,(H,22,24)/t19-/m1/s1. The first kappa shape index (κ1) is 22.7. The molecule has 8 heteroatoms. The Hall–Kier alpha value is -2.58. The van der Waals surface area contributed by atoms with Gasteiger partial charge >= 0.3 is 0 Å². The van der Waals surface area contributed by atoms with Crippen molar-refractivity contribution < 1.29 is 22.7 Å². The minimum Gasteiger partial charge on any atom is -0.497 e. The highest BCUT2D eigenvalue weighted by atomic mass is 32.2. The highest BCUT2D eigenvalue weighted by molar-refractivity contribution is 7.89. The average molecular weight is 421 g/mol. The SMILES string of the molecule is CNC(=O)c1cc(S(=O)(=O)N[C@H](CC(C)C)c2ccc(OC)cc2)ccc1OC. The summed E-state index contributed by atoms with van der Waals surface area (Å²) in [4.78, 5) is 12.1. The van der Waals surface area contributed by atoms with Gasteiger partial charge in [-0.3, -0.25) is 4.79 Å². The fourth-order valence-corrected chi connectivity index (χ4v) is 4.24. The van der Waals surface area contributed by atoms with E-state index in [-0.39, 0.29) is 16.4 Å². The van der Waals surface area contributed by atoms with Crippen LogP contribution >= 0.6 is 0 Å². The van der Waals surface area contributed by atoms with Crippen molar-refractivity contribution in [3.63, 3.8) is 0 Å². The maximum atomic E-state index is 13.1. The third kappa shape index (κ3) is 5.71. The molecule has 0 unspecified atom stereocenters. The molecule has 2 rings (SSSR count). The summed E-state index contributed by atoms with van der Waals surface area (Å²) in [6, 6.07) is 11.1. The molecule has 0 radical (unpaired) electrons. The van der Waals surface area contributed by atoms with Gasteiger partial charge in [0.25, 0.3) is 5.91 Å². The van der Waals surface area contributed by atoms with Gasteiger partial charge in [-0.15, -0.1) is 0 Å². The summed E-state index contributed by atoms with van der Waals surface area (Å²) in [6.45, 7) is 4.06. The first-order chi connectivity index (χ1) is 13.7. The molecule has 0 saturated heterocycles. The summed E-state index contributed by atoms with van der Waals surface area (Å²) in [7, 11) is 0.608. The summed E-state index contributed by atoms with van der Waals surface area (Å²) in [5, 5.41) is 2.49. The lowest BCUT2D eigenvalue weighted by molar-refractivity contribution is 0.0960. The molecule has 0 bridgehead atoms. The van der Waals surface area contributed by atoms with E-state index in [4.69, 9.17) is 9.47 Å². The maximum absolute atomic E-state index is 13.1. The smallest absolute Gasteiger partial charge is 0.254 e. The van der Waals surface area contributed by atoms with Gasteiger partial charge in [0, 0.05) is 13.1 Å². The second kappa shape index (κ2) is 9.76. The van der Waals surface area contributed by atoms with Crippen LogP contribution in [0.25, 0.3) is 0 Å². The van der Waals surface area contributed by atoms with Crippen LogP contribution in [0.1, 0.15) is 42.2 Å². The normalized spacial score (nSPS) is 12.5. The number of hydrogen-bond donors (Lipinski definition) is 2. The number of rotatable bonds is 9. The van der Waals surface area contributed by atoms with Gasteiger partial charge in [-0.1, -0.05) is 26.0 Å². The van der Waals surface area contributed by atoms with Crippen molar-refractivity contribution in [2.24, 2.45) is 5.92 Å². The van der Waals surface area contributed by atoms with Crippen molar-refractivity contribution in [3.8, 4) is 11.5 Å². The lowest BCUT2D eigenvalue weighted by Crippen LogP contribution is -2.30. The molecule has 7 nitrogen and oxygen atoms in total. The van der Waals surface area contributed by atoms with E-state index in [0.717, 1.165) is 5.56 Å². The Balaban J connectivity index is 2.40. The highest BCUT2D eigenvalue weighted by Crippen LogP contribution is 2.27. The molecule has 0 aliphatic carbocycles. The van der Waals surface area contributed by atoms with Crippen LogP contribution in [0, 0.1) is 5.92 Å². The summed E-state index contributed by atoms with van der Waals surface area (Å²) < 4.78 is 39.3. The van der Waals surface area contributed by atoms with Crippen LogP contribution in [0.15, 0.2) is 47.4 Å². The molecule has 0 spiro atoms. The fraction of sp³-hybridized carbons (Fsp3) is 0.381. The summed E-state index contributed by atoms with van der Waals surface area (Å²) in [6.07, 6.45) is 0.615. The lowest BCUT2D eigenvalue weighted by atomic mass is 9.98. The first-order valence-electron chi connectivity index (χ1n) is 9.28. The minimum atomic E-state index is -3.87. The topological polar surface area (TPSA) is 93.7 Å². The molecule has 0 aromatic heterocycles. The van der Waals surface area contributed by atoms with Crippen LogP contribution in [0.2, 0.25) is 0 Å². The third-order valence-corrected chi connectivity index (χ3v) is 5.94. The summed E-state index contributed by atoms with van der Waals surface area (Å²) in [5.74, 6) is 0.845. The van der Waals surface area contributed by atoms with E-state index < -0.39 is 22.0 Å². The van der Waals surface area contributed by atoms with E-state index in [9.17, 15) is 13.2 Å². The largest absolute Gasteiger partial charge is 0.497 e. The monoisotopic (exact) mass is 420 g/mol. The zero-order valence-electron chi connectivity index (χ0n) is 17.4. The number of amides is 1. The van der Waals surface area contributed by atoms with Crippen molar-refractivity contribution in [2.45, 2.75) is 31.2 Å². The van der Waals surface area contributed by atoms with Crippen LogP contribution in [-0.2, 0) is 10.0 Å². The minimum absolute atomic E-state index is 0.000771. The second-order valence-electron chi connectivity index (χ2n) is 7.02. The number of sulfonamides is 1. The van der Waals surface area contributed by atoms with Crippen molar-refractivity contribution in [1.82, 2.24) is 10.0 Å². The number of methoxy groups -OCH3 is 2. The van der Waals surface area contributed by atoms with Gasteiger partial charge in [0.1, 0.15) is 11.5 Å². The zero-order valence-corrected chi connectivity index (χ0v) is 18.2. The lowest BCUT2D eigenvalue weighted by Gasteiger charge is -2.22. The van der Waals surface area contributed by atoms with Crippen molar-refractivity contribution >= 4 is 15.9 Å². The van der Waals surface area contributed by atoms with Crippen LogP contribution in [0.3, 0.4) is 0 Å². The van der Waals surface area contributed by atoms with Gasteiger partial charge in [0.05, 0.1) is 24.7 Å². The molecule has 0 aliphatic rings. The molecule has 1 amide bonds. The van der Waals surface area contributed by atoms with Crippen molar-refractivity contribution in [3.05, 3.63) is 53.6 Å². The van der Waals surface area contributed by atoms with Gasteiger partial charge in [0.2, 0.25) is 10.0 Å². The second-order valence-corrected chi connectivity index (χ2v) is 8.73. The molecule has 0 aliphatic heterocycles. The van der Waals surface area contributed by atoms with Crippen LogP contribution < -0.4 is 19.5 Å². The van der Waals surface area contributed by atoms with E-state index in [1.54, 1.807) is 19.2 Å². The molecule has 158 valence electrons. The average Bonchev–Trinajstić information content (AvgIpc) is 2.71. The first-order valence-corrected chi connectivity index (χ1v) is 10.8. The molecule has 0 saturated carbocycles. The fourth-order valence-electron chi connectivity index (χ4n) is 2.98. The maximum Gasteiger partial charge on any atom is 0.254 e. The van der Waals surface area contributed by atoms with Crippen molar-refractivity contribution in [1.29, 1.82) is 0 Å². The van der Waals surface area contributed by atoms with Gasteiger partial charge in [-0.2, -0.15) is 0 Å². The Kier molecular flexibility index (Phi) is 7.64. The number of ether oxygens (including phenoxy) is 2. The third-order valence-electron chi connectivity index (χ3n) is 4.48. The molecule has 0 heterocycles.